The minimum atomic E-state index is -0.900. The lowest BCUT2D eigenvalue weighted by molar-refractivity contribution is -0.185. The molecule has 23 heavy (non-hydrogen) atoms. The fourth-order valence-corrected chi connectivity index (χ4v) is 5.69. The molecule has 0 aromatic heterocycles. The third-order valence-electron chi connectivity index (χ3n) is 6.73. The van der Waals surface area contributed by atoms with Gasteiger partial charge in [-0.2, -0.15) is 0 Å². The molecule has 1 spiro atoms. The number of carbonyl (C=O) groups excluding carboxylic acids is 1. The number of aliphatic hydroxyl groups is 1. The Balaban J connectivity index is 1.86. The molecule has 0 radical (unpaired) electrons. The largest absolute Gasteiger partial charge is 0.493 e. The Labute approximate surface area is 135 Å². The number of piperidine rings is 1. The fraction of sp³-hybridized carbons (Fsp3) is 0.611. The summed E-state index contributed by atoms with van der Waals surface area (Å²) in [5.74, 6) is 1.47. The van der Waals surface area contributed by atoms with Crippen LogP contribution < -0.4 is 9.47 Å². The van der Waals surface area contributed by atoms with Gasteiger partial charge in [-0.3, -0.25) is 4.79 Å². The lowest BCUT2D eigenvalue weighted by Crippen LogP contribution is -2.76. The summed E-state index contributed by atoms with van der Waals surface area (Å²) in [4.78, 5) is 14.9. The molecule has 2 heterocycles. The molecule has 4 aliphatic rings. The molecule has 1 saturated carbocycles. The maximum Gasteiger partial charge on any atom is 0.174 e. The van der Waals surface area contributed by atoms with Gasteiger partial charge in [-0.15, -0.1) is 0 Å². The van der Waals surface area contributed by atoms with Crippen LogP contribution in [0.3, 0.4) is 0 Å². The van der Waals surface area contributed by atoms with Gasteiger partial charge >= 0.3 is 0 Å². The zero-order valence-corrected chi connectivity index (χ0v) is 13.5. The predicted molar refractivity (Wildman–Crippen MR) is 83.0 cm³/mol. The molecule has 122 valence electrons. The van der Waals surface area contributed by atoms with Gasteiger partial charge in [-0.05, 0) is 44.5 Å². The molecule has 0 amide bonds. The van der Waals surface area contributed by atoms with E-state index in [9.17, 15) is 9.90 Å². The number of rotatable bonds is 1. The third-order valence-corrected chi connectivity index (χ3v) is 6.73. The second-order valence-corrected chi connectivity index (χ2v) is 7.44. The van der Waals surface area contributed by atoms with Crippen LogP contribution in [-0.2, 0) is 16.6 Å². The van der Waals surface area contributed by atoms with Gasteiger partial charge in [-0.25, -0.2) is 0 Å². The lowest BCUT2D eigenvalue weighted by Gasteiger charge is -2.62. The fourth-order valence-electron chi connectivity index (χ4n) is 5.69. The number of likely N-dealkylation sites (N-methyl/N-ethyl adjacent to an activating group) is 1. The summed E-state index contributed by atoms with van der Waals surface area (Å²) in [5.41, 5.74) is 0.737. The molecule has 2 fully saturated rings. The maximum absolute atomic E-state index is 12.7. The average molecular weight is 315 g/mol. The van der Waals surface area contributed by atoms with Crippen LogP contribution in [0.25, 0.3) is 0 Å². The van der Waals surface area contributed by atoms with Gasteiger partial charge in [0.1, 0.15) is 0 Å². The van der Waals surface area contributed by atoms with Crippen LogP contribution in [-0.4, -0.2) is 54.2 Å². The monoisotopic (exact) mass is 315 g/mol. The molecule has 5 rings (SSSR count). The van der Waals surface area contributed by atoms with Gasteiger partial charge in [0.2, 0.25) is 0 Å². The van der Waals surface area contributed by atoms with Crippen LogP contribution in [0.5, 0.6) is 11.5 Å². The summed E-state index contributed by atoms with van der Waals surface area (Å²) in [6.07, 6.45) is 1.89. The highest BCUT2D eigenvalue weighted by Crippen LogP contribution is 2.64. The molecule has 4 atom stereocenters. The van der Waals surface area contributed by atoms with E-state index in [2.05, 4.69) is 18.0 Å². The van der Waals surface area contributed by atoms with Crippen LogP contribution in [0.1, 0.15) is 30.4 Å². The zero-order valence-electron chi connectivity index (χ0n) is 13.5. The predicted octanol–water partition coefficient (Wildman–Crippen LogP) is 1.05. The van der Waals surface area contributed by atoms with Gasteiger partial charge in [0.25, 0.3) is 0 Å². The molecule has 5 nitrogen and oxygen atoms in total. The number of hydrogen-bond donors (Lipinski definition) is 1. The number of ether oxygens (including phenoxy) is 2. The van der Waals surface area contributed by atoms with Crippen molar-refractivity contribution < 1.29 is 19.4 Å². The van der Waals surface area contributed by atoms with E-state index >= 15 is 0 Å². The highest BCUT2D eigenvalue weighted by atomic mass is 16.5. The van der Waals surface area contributed by atoms with Crippen molar-refractivity contribution in [2.24, 2.45) is 0 Å². The smallest absolute Gasteiger partial charge is 0.174 e. The van der Waals surface area contributed by atoms with Gasteiger partial charge in [0.05, 0.1) is 18.1 Å². The highest BCUT2D eigenvalue weighted by Gasteiger charge is 2.72. The van der Waals surface area contributed by atoms with Crippen molar-refractivity contribution in [2.75, 3.05) is 20.7 Å². The van der Waals surface area contributed by atoms with Crippen LogP contribution in [0.15, 0.2) is 12.1 Å². The van der Waals surface area contributed by atoms with Gasteiger partial charge < -0.3 is 19.5 Å². The Kier molecular flexibility index (Phi) is 2.45. The number of methoxy groups -OCH3 is 1. The van der Waals surface area contributed by atoms with E-state index in [4.69, 9.17) is 9.47 Å². The Hall–Kier alpha value is -1.59. The second-order valence-electron chi connectivity index (χ2n) is 7.44. The van der Waals surface area contributed by atoms with E-state index in [0.717, 1.165) is 24.9 Å². The third kappa shape index (κ3) is 1.32. The SMILES string of the molecule is COc1ccc2c3c1O[C@@H]1C(=O)CC[C@]4(O)[C@H](C2)N(C)CCC314. The first-order valence-corrected chi connectivity index (χ1v) is 8.35. The number of Topliss-reactive ketones (excluding diaryl/α,β-unsaturated/α-hetero) is 1. The maximum atomic E-state index is 12.7. The minimum absolute atomic E-state index is 0.0438. The van der Waals surface area contributed by atoms with Crippen molar-refractivity contribution in [3.05, 3.63) is 23.3 Å². The molecule has 1 unspecified atom stereocenters. The van der Waals surface area contributed by atoms with E-state index in [0.29, 0.717) is 24.3 Å². The molecule has 2 aliphatic carbocycles. The number of ketones is 1. The summed E-state index contributed by atoms with van der Waals surface area (Å²) in [7, 11) is 3.70. The number of carbonyl (C=O) groups is 1. The molecular formula is C18H21NO4. The van der Waals surface area contributed by atoms with E-state index < -0.39 is 17.1 Å². The number of nitrogens with zero attached hydrogens (tertiary/aromatic N) is 1. The topological polar surface area (TPSA) is 59.0 Å². The first kappa shape index (κ1) is 13.8. The zero-order chi connectivity index (χ0) is 16.0. The standard InChI is InChI=1S/C18H21NO4/c1-19-8-7-17-14-10-3-4-12(22-2)15(14)23-16(17)11(20)5-6-18(17,21)13(19)9-10/h3-4,13,16,21H,5-9H2,1-2H3/t13-,16+,17?,18-/m0/s1. The Morgan fingerprint density at radius 3 is 3.00 bits per heavy atom. The second kappa shape index (κ2) is 4.08. The summed E-state index contributed by atoms with van der Waals surface area (Å²) < 4.78 is 11.6. The molecule has 2 bridgehead atoms. The van der Waals surface area contributed by atoms with Crippen molar-refractivity contribution in [1.82, 2.24) is 4.90 Å². The van der Waals surface area contributed by atoms with Gasteiger partial charge in [0.15, 0.2) is 23.4 Å². The molecule has 5 heteroatoms. The van der Waals surface area contributed by atoms with Crippen molar-refractivity contribution in [3.63, 3.8) is 0 Å². The van der Waals surface area contributed by atoms with Crippen molar-refractivity contribution >= 4 is 5.78 Å². The normalized spacial score (nSPS) is 40.6. The van der Waals surface area contributed by atoms with Crippen molar-refractivity contribution in [3.8, 4) is 11.5 Å². The quantitative estimate of drug-likeness (QED) is 0.839. The summed E-state index contributed by atoms with van der Waals surface area (Å²) in [6, 6.07) is 4.05. The van der Waals surface area contributed by atoms with Gasteiger partial charge in [-0.1, -0.05) is 6.07 Å². The number of likely N-dealkylation sites (tertiary alicyclic amines) is 1. The van der Waals surface area contributed by atoms with E-state index in [1.54, 1.807) is 7.11 Å². The average Bonchev–Trinajstić information content (AvgIpc) is 2.90. The van der Waals surface area contributed by atoms with Crippen molar-refractivity contribution in [1.29, 1.82) is 0 Å². The van der Waals surface area contributed by atoms with E-state index in [1.165, 1.54) is 5.56 Å². The van der Waals surface area contributed by atoms with Gasteiger partial charge in [0, 0.05) is 18.0 Å². The number of benzene rings is 1. The molecule has 1 N–H and O–H groups in total. The molecule has 1 saturated heterocycles. The summed E-state index contributed by atoms with van der Waals surface area (Å²) in [5, 5.41) is 11.7. The van der Waals surface area contributed by atoms with Crippen LogP contribution in [0.4, 0.5) is 0 Å². The first-order valence-electron chi connectivity index (χ1n) is 8.35. The van der Waals surface area contributed by atoms with Crippen LogP contribution >= 0.6 is 0 Å². The van der Waals surface area contributed by atoms with Crippen molar-refractivity contribution in [2.45, 2.75) is 48.8 Å². The highest BCUT2D eigenvalue weighted by molar-refractivity contribution is 5.90. The summed E-state index contributed by atoms with van der Waals surface area (Å²) in [6.45, 7) is 0.871. The van der Waals surface area contributed by atoms with E-state index in [-0.39, 0.29) is 11.8 Å². The lowest BCUT2D eigenvalue weighted by atomic mass is 9.49. The first-order chi connectivity index (χ1) is 11.0. The number of hydrogen-bond acceptors (Lipinski definition) is 5. The van der Waals surface area contributed by atoms with E-state index in [1.807, 2.05) is 6.07 Å². The Morgan fingerprint density at radius 1 is 1.39 bits per heavy atom. The molecular weight excluding hydrogens is 294 g/mol. The Morgan fingerprint density at radius 2 is 2.22 bits per heavy atom. The summed E-state index contributed by atoms with van der Waals surface area (Å²) >= 11 is 0. The minimum Gasteiger partial charge on any atom is -0.493 e. The van der Waals surface area contributed by atoms with Crippen LogP contribution in [0, 0.1) is 0 Å². The molecule has 2 aliphatic heterocycles. The molecule has 1 aromatic carbocycles. The van der Waals surface area contributed by atoms with Crippen LogP contribution in [0.2, 0.25) is 0 Å². The Bertz CT molecular complexity index is 732. The molecule has 1 aromatic rings.